The van der Waals surface area contributed by atoms with E-state index in [9.17, 15) is 8.42 Å². The Hall–Kier alpha value is -0.940. The molecule has 1 aliphatic heterocycles. The molecule has 1 aromatic rings. The highest BCUT2D eigenvalue weighted by atomic mass is 32.2. The smallest absolute Gasteiger partial charge is 0.150 e. The van der Waals surface area contributed by atoms with Gasteiger partial charge in [-0.25, -0.2) is 8.42 Å². The molecule has 19 heavy (non-hydrogen) atoms. The van der Waals surface area contributed by atoms with Gasteiger partial charge in [-0.3, -0.25) is 4.98 Å². The van der Waals surface area contributed by atoms with E-state index in [-0.39, 0.29) is 17.9 Å². The fourth-order valence-corrected chi connectivity index (χ4v) is 4.78. The van der Waals surface area contributed by atoms with Crippen molar-refractivity contribution in [1.82, 2.24) is 10.3 Å². The van der Waals surface area contributed by atoms with Crippen molar-refractivity contribution in [2.24, 2.45) is 5.92 Å². The third-order valence-corrected chi connectivity index (χ3v) is 5.70. The maximum absolute atomic E-state index is 11.7. The number of rotatable bonds is 5. The van der Waals surface area contributed by atoms with Crippen molar-refractivity contribution in [3.8, 4) is 0 Å². The summed E-state index contributed by atoms with van der Waals surface area (Å²) in [5.74, 6) is 1.05. The number of nitrogens with one attached hydrogen (secondary N) is 1. The Morgan fingerprint density at radius 3 is 2.79 bits per heavy atom. The van der Waals surface area contributed by atoms with E-state index in [0.717, 1.165) is 18.7 Å². The van der Waals surface area contributed by atoms with Crippen LogP contribution in [-0.2, 0) is 9.84 Å². The van der Waals surface area contributed by atoms with Gasteiger partial charge in [0.1, 0.15) is 0 Å². The molecule has 1 aromatic heterocycles. The van der Waals surface area contributed by atoms with E-state index in [0.29, 0.717) is 11.5 Å². The topological polar surface area (TPSA) is 59.1 Å². The standard InChI is InChI=1S/C14H22N2O2S/c1-3-15-14(12-7-9-19(17,18)10-12)11(2)13-6-4-5-8-16-13/h4-6,8,11-12,14-15H,3,7,9-10H2,1-2H3. The van der Waals surface area contributed by atoms with Gasteiger partial charge in [0.25, 0.3) is 0 Å². The molecule has 0 aliphatic carbocycles. The molecule has 2 heterocycles. The van der Waals surface area contributed by atoms with Crippen LogP contribution in [0.2, 0.25) is 0 Å². The largest absolute Gasteiger partial charge is 0.313 e. The van der Waals surface area contributed by atoms with Crippen LogP contribution in [0.1, 0.15) is 31.9 Å². The molecule has 0 amide bonds. The molecule has 0 radical (unpaired) electrons. The summed E-state index contributed by atoms with van der Waals surface area (Å²) >= 11 is 0. The van der Waals surface area contributed by atoms with Crippen LogP contribution in [0.4, 0.5) is 0 Å². The number of hydrogen-bond acceptors (Lipinski definition) is 4. The Labute approximate surface area is 115 Å². The van der Waals surface area contributed by atoms with Gasteiger partial charge in [-0.2, -0.15) is 0 Å². The molecule has 0 spiro atoms. The molecule has 1 aliphatic rings. The van der Waals surface area contributed by atoms with Gasteiger partial charge in [-0.1, -0.05) is 19.9 Å². The van der Waals surface area contributed by atoms with Gasteiger partial charge in [0.2, 0.25) is 0 Å². The lowest BCUT2D eigenvalue weighted by Crippen LogP contribution is -2.41. The molecule has 0 aromatic carbocycles. The van der Waals surface area contributed by atoms with Gasteiger partial charge in [0.05, 0.1) is 11.5 Å². The molecule has 0 saturated carbocycles. The fraction of sp³-hybridized carbons (Fsp3) is 0.643. The molecule has 1 N–H and O–H groups in total. The Morgan fingerprint density at radius 1 is 1.47 bits per heavy atom. The van der Waals surface area contributed by atoms with E-state index in [1.807, 2.05) is 18.2 Å². The van der Waals surface area contributed by atoms with E-state index >= 15 is 0 Å². The number of aromatic nitrogens is 1. The van der Waals surface area contributed by atoms with Crippen LogP contribution in [0.25, 0.3) is 0 Å². The van der Waals surface area contributed by atoms with Gasteiger partial charge in [0.15, 0.2) is 9.84 Å². The van der Waals surface area contributed by atoms with Crippen molar-refractivity contribution >= 4 is 9.84 Å². The van der Waals surface area contributed by atoms with Crippen molar-refractivity contribution < 1.29 is 8.42 Å². The highest BCUT2D eigenvalue weighted by Gasteiger charge is 2.36. The Balaban J connectivity index is 2.16. The van der Waals surface area contributed by atoms with Crippen LogP contribution in [0.15, 0.2) is 24.4 Å². The Kier molecular flexibility index (Phi) is 4.58. The van der Waals surface area contributed by atoms with Crippen LogP contribution in [0, 0.1) is 5.92 Å². The Morgan fingerprint density at radius 2 is 2.26 bits per heavy atom. The summed E-state index contributed by atoms with van der Waals surface area (Å²) in [4.78, 5) is 4.40. The molecule has 1 saturated heterocycles. The molecular weight excluding hydrogens is 260 g/mol. The summed E-state index contributed by atoms with van der Waals surface area (Å²) in [6.45, 7) is 5.03. The summed E-state index contributed by atoms with van der Waals surface area (Å²) in [5, 5.41) is 3.46. The SMILES string of the molecule is CCNC(C1CCS(=O)(=O)C1)C(C)c1ccccn1. The molecule has 3 unspecified atom stereocenters. The third kappa shape index (κ3) is 3.54. The minimum Gasteiger partial charge on any atom is -0.313 e. The zero-order valence-corrected chi connectivity index (χ0v) is 12.4. The van der Waals surface area contributed by atoms with E-state index in [1.54, 1.807) is 6.20 Å². The molecule has 0 bridgehead atoms. The fourth-order valence-electron chi connectivity index (χ4n) is 2.92. The van der Waals surface area contributed by atoms with Gasteiger partial charge >= 0.3 is 0 Å². The second kappa shape index (κ2) is 6.01. The normalized spacial score (nSPS) is 25.1. The number of hydrogen-bond donors (Lipinski definition) is 1. The van der Waals surface area contributed by atoms with Crippen molar-refractivity contribution in [3.63, 3.8) is 0 Å². The molecular formula is C14H22N2O2S. The highest BCUT2D eigenvalue weighted by Crippen LogP contribution is 2.29. The summed E-state index contributed by atoms with van der Waals surface area (Å²) < 4.78 is 23.3. The summed E-state index contributed by atoms with van der Waals surface area (Å²) in [5.41, 5.74) is 1.03. The predicted molar refractivity (Wildman–Crippen MR) is 76.9 cm³/mol. The van der Waals surface area contributed by atoms with Crippen molar-refractivity contribution in [2.45, 2.75) is 32.2 Å². The molecule has 3 atom stereocenters. The monoisotopic (exact) mass is 282 g/mol. The lowest BCUT2D eigenvalue weighted by molar-refractivity contribution is 0.341. The predicted octanol–water partition coefficient (Wildman–Crippen LogP) is 1.60. The lowest BCUT2D eigenvalue weighted by Gasteiger charge is -2.29. The first kappa shape index (κ1) is 14.5. The quantitative estimate of drug-likeness (QED) is 0.891. The summed E-state index contributed by atoms with van der Waals surface area (Å²) in [7, 11) is -2.83. The van der Waals surface area contributed by atoms with Crippen molar-refractivity contribution in [2.75, 3.05) is 18.1 Å². The van der Waals surface area contributed by atoms with Gasteiger partial charge in [0, 0.05) is 23.9 Å². The highest BCUT2D eigenvalue weighted by molar-refractivity contribution is 7.91. The van der Waals surface area contributed by atoms with E-state index < -0.39 is 9.84 Å². The maximum atomic E-state index is 11.7. The van der Waals surface area contributed by atoms with Crippen LogP contribution < -0.4 is 5.32 Å². The minimum absolute atomic E-state index is 0.178. The average Bonchev–Trinajstić information content (AvgIpc) is 2.76. The first-order valence-corrected chi connectivity index (χ1v) is 8.70. The van der Waals surface area contributed by atoms with Crippen LogP contribution >= 0.6 is 0 Å². The van der Waals surface area contributed by atoms with Gasteiger partial charge in [-0.05, 0) is 31.0 Å². The molecule has 4 nitrogen and oxygen atoms in total. The minimum atomic E-state index is -2.83. The molecule has 1 fully saturated rings. The number of nitrogens with zero attached hydrogens (tertiary/aromatic N) is 1. The first-order valence-electron chi connectivity index (χ1n) is 6.88. The Bertz CT molecular complexity index is 501. The average molecular weight is 282 g/mol. The summed E-state index contributed by atoms with van der Waals surface area (Å²) in [6.07, 6.45) is 2.55. The third-order valence-electron chi connectivity index (χ3n) is 3.91. The molecule has 2 rings (SSSR count). The zero-order chi connectivity index (χ0) is 13.9. The molecule has 5 heteroatoms. The van der Waals surface area contributed by atoms with Crippen molar-refractivity contribution in [1.29, 1.82) is 0 Å². The van der Waals surface area contributed by atoms with Gasteiger partial charge < -0.3 is 5.32 Å². The van der Waals surface area contributed by atoms with E-state index in [1.165, 1.54) is 0 Å². The van der Waals surface area contributed by atoms with Crippen LogP contribution in [0.3, 0.4) is 0 Å². The lowest BCUT2D eigenvalue weighted by atomic mass is 9.86. The van der Waals surface area contributed by atoms with Gasteiger partial charge in [-0.15, -0.1) is 0 Å². The second-order valence-corrected chi connectivity index (χ2v) is 7.52. The second-order valence-electron chi connectivity index (χ2n) is 5.29. The number of likely N-dealkylation sites (N-methyl/N-ethyl adjacent to an activating group) is 1. The van der Waals surface area contributed by atoms with E-state index in [2.05, 4.69) is 24.1 Å². The first-order chi connectivity index (χ1) is 9.03. The maximum Gasteiger partial charge on any atom is 0.150 e. The summed E-state index contributed by atoms with van der Waals surface area (Å²) in [6, 6.07) is 6.07. The van der Waals surface area contributed by atoms with Crippen LogP contribution in [0.5, 0.6) is 0 Å². The van der Waals surface area contributed by atoms with Crippen LogP contribution in [-0.4, -0.2) is 37.5 Å². The number of sulfone groups is 1. The number of pyridine rings is 1. The zero-order valence-electron chi connectivity index (χ0n) is 11.5. The van der Waals surface area contributed by atoms with Crippen molar-refractivity contribution in [3.05, 3.63) is 30.1 Å². The molecule has 106 valence electrons. The van der Waals surface area contributed by atoms with E-state index in [4.69, 9.17) is 0 Å².